The van der Waals surface area contributed by atoms with Gasteiger partial charge in [-0.3, -0.25) is 19.3 Å². The Morgan fingerprint density at radius 3 is 2.48 bits per heavy atom. The lowest BCUT2D eigenvalue weighted by Gasteiger charge is -2.26. The summed E-state index contributed by atoms with van der Waals surface area (Å²) in [5.74, 6) is -0.241. The van der Waals surface area contributed by atoms with Crippen molar-refractivity contribution in [2.75, 3.05) is 26.3 Å². The van der Waals surface area contributed by atoms with Gasteiger partial charge in [-0.2, -0.15) is 0 Å². The number of aromatic amines is 1. The fraction of sp³-hybridized carbons (Fsp3) is 0.348. The van der Waals surface area contributed by atoms with Crippen LogP contribution in [0.15, 0.2) is 52.1 Å². The van der Waals surface area contributed by atoms with Crippen LogP contribution >= 0.6 is 0 Å². The maximum Gasteiger partial charge on any atom is 0.316 e. The minimum atomic E-state index is -0.691. The molecule has 0 atom stereocenters. The van der Waals surface area contributed by atoms with Crippen LogP contribution < -0.4 is 16.4 Å². The van der Waals surface area contributed by atoms with Crippen LogP contribution in [-0.2, 0) is 24.4 Å². The minimum Gasteiger partial charge on any atom is -0.379 e. The van der Waals surface area contributed by atoms with Crippen LogP contribution in [0.3, 0.4) is 0 Å². The first-order chi connectivity index (χ1) is 15.0. The highest BCUT2D eigenvalue weighted by Gasteiger charge is 2.12. The van der Waals surface area contributed by atoms with E-state index in [1.54, 1.807) is 25.1 Å². The van der Waals surface area contributed by atoms with E-state index in [-0.39, 0.29) is 5.91 Å². The molecule has 162 valence electrons. The maximum atomic E-state index is 12.6. The summed E-state index contributed by atoms with van der Waals surface area (Å²) >= 11 is 0. The number of hydrogen-bond donors (Lipinski definition) is 2. The number of rotatable bonds is 6. The molecule has 0 saturated carbocycles. The van der Waals surface area contributed by atoms with E-state index in [2.05, 4.69) is 27.3 Å². The summed E-state index contributed by atoms with van der Waals surface area (Å²) in [4.78, 5) is 41.4. The molecule has 8 nitrogen and oxygen atoms in total. The van der Waals surface area contributed by atoms with E-state index in [0.717, 1.165) is 38.4 Å². The molecule has 1 aliphatic heterocycles. The SMILES string of the molecule is CCn1c(=O)c(=O)[nH]c2cc(C(=O)NCc3ccc(CN4CCOCC4)cc3)ccc21. The van der Waals surface area contributed by atoms with Crippen LogP contribution in [0.4, 0.5) is 0 Å². The molecule has 3 aromatic rings. The van der Waals surface area contributed by atoms with Crippen molar-refractivity contribution in [3.63, 3.8) is 0 Å². The summed E-state index contributed by atoms with van der Waals surface area (Å²) in [5, 5.41) is 2.91. The Balaban J connectivity index is 1.41. The van der Waals surface area contributed by atoms with Crippen LogP contribution in [0, 0.1) is 0 Å². The van der Waals surface area contributed by atoms with E-state index in [9.17, 15) is 14.4 Å². The molecule has 1 aliphatic rings. The number of ether oxygens (including phenoxy) is 1. The number of aromatic nitrogens is 2. The van der Waals surface area contributed by atoms with Crippen molar-refractivity contribution in [1.82, 2.24) is 19.8 Å². The molecule has 0 unspecified atom stereocenters. The molecular weight excluding hydrogens is 396 g/mol. The molecule has 1 saturated heterocycles. The van der Waals surface area contributed by atoms with E-state index in [1.807, 2.05) is 12.1 Å². The number of aryl methyl sites for hydroxylation is 1. The summed E-state index contributed by atoms with van der Waals surface area (Å²) in [6, 6.07) is 13.2. The zero-order valence-electron chi connectivity index (χ0n) is 17.5. The van der Waals surface area contributed by atoms with E-state index in [0.29, 0.717) is 29.7 Å². The number of H-pyrrole nitrogens is 1. The van der Waals surface area contributed by atoms with Crippen LogP contribution in [0.1, 0.15) is 28.4 Å². The quantitative estimate of drug-likeness (QED) is 0.587. The van der Waals surface area contributed by atoms with Crippen molar-refractivity contribution in [3.8, 4) is 0 Å². The van der Waals surface area contributed by atoms with E-state index in [1.165, 1.54) is 10.1 Å². The standard InChI is InChI=1S/C23H26N4O4/c1-2-27-20-8-7-18(13-19(20)25-22(29)23(27)30)21(28)24-14-16-3-5-17(6-4-16)15-26-9-11-31-12-10-26/h3-8,13H,2,9-12,14-15H2,1H3,(H,24,28)(H,25,29). The minimum absolute atomic E-state index is 0.241. The van der Waals surface area contributed by atoms with Crippen molar-refractivity contribution in [2.45, 2.75) is 26.6 Å². The molecule has 0 aliphatic carbocycles. The largest absolute Gasteiger partial charge is 0.379 e. The number of carbonyl (C=O) groups is 1. The van der Waals surface area contributed by atoms with Crippen molar-refractivity contribution >= 4 is 16.9 Å². The average molecular weight is 422 g/mol. The van der Waals surface area contributed by atoms with E-state index in [4.69, 9.17) is 4.74 Å². The average Bonchev–Trinajstić information content (AvgIpc) is 2.79. The number of nitrogens with zero attached hydrogens (tertiary/aromatic N) is 2. The predicted octanol–water partition coefficient (Wildman–Crippen LogP) is 1.47. The first-order valence-corrected chi connectivity index (χ1v) is 10.5. The lowest BCUT2D eigenvalue weighted by molar-refractivity contribution is 0.0342. The van der Waals surface area contributed by atoms with Crippen LogP contribution in [0.2, 0.25) is 0 Å². The van der Waals surface area contributed by atoms with Gasteiger partial charge >= 0.3 is 11.1 Å². The molecule has 2 aromatic carbocycles. The van der Waals surface area contributed by atoms with Crippen molar-refractivity contribution < 1.29 is 9.53 Å². The number of amides is 1. The number of benzene rings is 2. The second-order valence-electron chi connectivity index (χ2n) is 7.62. The lowest BCUT2D eigenvalue weighted by atomic mass is 10.1. The second kappa shape index (κ2) is 9.28. The first-order valence-electron chi connectivity index (χ1n) is 10.5. The molecule has 1 aromatic heterocycles. The third kappa shape index (κ3) is 4.76. The molecule has 1 fully saturated rings. The zero-order valence-corrected chi connectivity index (χ0v) is 17.5. The molecule has 2 N–H and O–H groups in total. The Bertz CT molecular complexity index is 1190. The summed E-state index contributed by atoms with van der Waals surface area (Å²) in [5.41, 5.74) is 2.44. The van der Waals surface area contributed by atoms with Gasteiger partial charge < -0.3 is 19.6 Å². The fourth-order valence-electron chi connectivity index (χ4n) is 3.80. The Morgan fingerprint density at radius 1 is 1.06 bits per heavy atom. The van der Waals surface area contributed by atoms with Gasteiger partial charge in [0.15, 0.2) is 0 Å². The number of carbonyl (C=O) groups excluding carboxylic acids is 1. The fourth-order valence-corrected chi connectivity index (χ4v) is 3.80. The molecule has 0 radical (unpaired) electrons. The number of fused-ring (bicyclic) bond motifs is 1. The monoisotopic (exact) mass is 422 g/mol. The summed E-state index contributed by atoms with van der Waals surface area (Å²) in [6.45, 7) is 6.94. The van der Waals surface area contributed by atoms with Gasteiger partial charge in [-0.1, -0.05) is 24.3 Å². The summed E-state index contributed by atoms with van der Waals surface area (Å²) in [7, 11) is 0. The number of hydrogen-bond acceptors (Lipinski definition) is 5. The third-order valence-corrected chi connectivity index (χ3v) is 5.54. The molecule has 1 amide bonds. The van der Waals surface area contributed by atoms with Gasteiger partial charge in [0.2, 0.25) is 0 Å². The molecule has 0 bridgehead atoms. The Morgan fingerprint density at radius 2 is 1.77 bits per heavy atom. The second-order valence-corrected chi connectivity index (χ2v) is 7.62. The Kier molecular flexibility index (Phi) is 6.29. The predicted molar refractivity (Wildman–Crippen MR) is 118 cm³/mol. The summed E-state index contributed by atoms with van der Waals surface area (Å²) < 4.78 is 6.78. The van der Waals surface area contributed by atoms with Crippen molar-refractivity contribution in [2.24, 2.45) is 0 Å². The topological polar surface area (TPSA) is 96.4 Å². The molecular formula is C23H26N4O4. The van der Waals surface area contributed by atoms with Gasteiger partial charge in [-0.25, -0.2) is 0 Å². The first kappa shape index (κ1) is 21.0. The van der Waals surface area contributed by atoms with Gasteiger partial charge in [0.05, 0.1) is 24.2 Å². The number of morpholine rings is 1. The van der Waals surface area contributed by atoms with Crippen molar-refractivity contribution in [3.05, 3.63) is 79.9 Å². The molecule has 4 rings (SSSR count). The van der Waals surface area contributed by atoms with Crippen LogP contribution in [0.5, 0.6) is 0 Å². The molecule has 31 heavy (non-hydrogen) atoms. The maximum absolute atomic E-state index is 12.6. The molecule has 0 spiro atoms. The smallest absolute Gasteiger partial charge is 0.316 e. The van der Waals surface area contributed by atoms with Gasteiger partial charge in [-0.05, 0) is 36.2 Å². The Hall–Kier alpha value is -3.23. The Labute approximate surface area is 179 Å². The molecule has 8 heteroatoms. The molecule has 2 heterocycles. The normalized spacial score (nSPS) is 14.6. The highest BCUT2D eigenvalue weighted by atomic mass is 16.5. The van der Waals surface area contributed by atoms with Gasteiger partial charge in [0.25, 0.3) is 5.91 Å². The van der Waals surface area contributed by atoms with Crippen molar-refractivity contribution in [1.29, 1.82) is 0 Å². The van der Waals surface area contributed by atoms with Gasteiger partial charge in [0.1, 0.15) is 0 Å². The third-order valence-electron chi connectivity index (χ3n) is 5.54. The van der Waals surface area contributed by atoms with Gasteiger partial charge in [0, 0.05) is 38.3 Å². The number of nitrogens with one attached hydrogen (secondary N) is 2. The lowest BCUT2D eigenvalue weighted by Crippen LogP contribution is -2.36. The summed E-state index contributed by atoms with van der Waals surface area (Å²) in [6.07, 6.45) is 0. The van der Waals surface area contributed by atoms with Crippen LogP contribution in [-0.4, -0.2) is 46.7 Å². The van der Waals surface area contributed by atoms with Crippen LogP contribution in [0.25, 0.3) is 11.0 Å². The zero-order chi connectivity index (χ0) is 21.8. The highest BCUT2D eigenvalue weighted by molar-refractivity contribution is 5.97. The van der Waals surface area contributed by atoms with E-state index >= 15 is 0 Å². The van der Waals surface area contributed by atoms with Gasteiger partial charge in [-0.15, -0.1) is 0 Å². The highest BCUT2D eigenvalue weighted by Crippen LogP contribution is 2.13. The van der Waals surface area contributed by atoms with E-state index < -0.39 is 11.1 Å².